The molecular formula is C35H45N3O8. The Labute approximate surface area is 269 Å². The van der Waals surface area contributed by atoms with E-state index in [1.54, 1.807) is 26.2 Å². The molecule has 5 rings (SSSR count). The Kier molecular flexibility index (Phi) is 8.80. The zero-order chi connectivity index (χ0) is 34.0. The maximum atomic E-state index is 14.3. The molecule has 11 heteroatoms. The highest BCUT2D eigenvalue weighted by atomic mass is 16.3. The second-order valence-electron chi connectivity index (χ2n) is 14.4. The molecule has 248 valence electrons. The summed E-state index contributed by atoms with van der Waals surface area (Å²) in [5, 5.41) is 23.5. The molecule has 0 spiro atoms. The highest BCUT2D eigenvalue weighted by Crippen LogP contribution is 2.53. The number of fused-ring (bicyclic) bond motifs is 3. The Morgan fingerprint density at radius 1 is 1.07 bits per heavy atom. The van der Waals surface area contributed by atoms with Crippen LogP contribution < -0.4 is 10.6 Å². The topological polar surface area (TPSA) is 171 Å². The summed E-state index contributed by atoms with van der Waals surface area (Å²) in [7, 11) is 6.74. The molecule has 3 aliphatic carbocycles. The summed E-state index contributed by atoms with van der Waals surface area (Å²) in [6, 6.07) is 4.23. The van der Waals surface area contributed by atoms with Gasteiger partial charge in [0.25, 0.3) is 0 Å². The van der Waals surface area contributed by atoms with Crippen molar-refractivity contribution in [3.8, 4) is 17.1 Å². The summed E-state index contributed by atoms with van der Waals surface area (Å²) >= 11 is 0. The fourth-order valence-corrected chi connectivity index (χ4v) is 7.93. The van der Waals surface area contributed by atoms with Crippen molar-refractivity contribution in [1.82, 2.24) is 4.90 Å². The lowest BCUT2D eigenvalue weighted by atomic mass is 9.52. The third kappa shape index (κ3) is 5.27. The first-order chi connectivity index (χ1) is 21.5. The SMILES string of the molecule is CC(C)CCC(C)Cc1ccc(-c2cc(N(C)C)c3c(c2O)C(=O)C2C(=O)[C@@]4(O)C(=O)C(C(N)=O)C(=O)[C@H](N(C)C)[C@H]4C[C@H]2C3)o1. The molecule has 0 bridgehead atoms. The van der Waals surface area contributed by atoms with Gasteiger partial charge in [-0.1, -0.05) is 33.6 Å². The van der Waals surface area contributed by atoms with Crippen LogP contribution in [0.25, 0.3) is 11.3 Å². The molecule has 2 saturated carbocycles. The molecule has 46 heavy (non-hydrogen) atoms. The minimum atomic E-state index is -2.77. The Morgan fingerprint density at radius 2 is 1.74 bits per heavy atom. The molecule has 3 unspecified atom stereocenters. The van der Waals surface area contributed by atoms with E-state index in [1.807, 2.05) is 25.1 Å². The number of benzene rings is 1. The largest absolute Gasteiger partial charge is 0.506 e. The van der Waals surface area contributed by atoms with Gasteiger partial charge in [-0.3, -0.25) is 28.9 Å². The highest BCUT2D eigenvalue weighted by Gasteiger charge is 2.69. The van der Waals surface area contributed by atoms with Crippen molar-refractivity contribution in [2.45, 2.75) is 64.5 Å². The van der Waals surface area contributed by atoms with Gasteiger partial charge in [0.2, 0.25) is 5.91 Å². The van der Waals surface area contributed by atoms with Crippen molar-refractivity contribution in [1.29, 1.82) is 0 Å². The van der Waals surface area contributed by atoms with E-state index in [-0.39, 0.29) is 29.7 Å². The number of aromatic hydroxyl groups is 1. The number of nitrogens with zero attached hydrogens (tertiary/aromatic N) is 2. The van der Waals surface area contributed by atoms with Crippen LogP contribution in [0.3, 0.4) is 0 Å². The van der Waals surface area contributed by atoms with Crippen LogP contribution >= 0.6 is 0 Å². The van der Waals surface area contributed by atoms with Crippen LogP contribution in [0.2, 0.25) is 0 Å². The minimum absolute atomic E-state index is 0.00415. The van der Waals surface area contributed by atoms with Gasteiger partial charge in [0.15, 0.2) is 34.7 Å². The van der Waals surface area contributed by atoms with E-state index in [2.05, 4.69) is 20.8 Å². The van der Waals surface area contributed by atoms with E-state index in [0.717, 1.165) is 18.6 Å². The zero-order valence-electron chi connectivity index (χ0n) is 27.6. The maximum Gasteiger partial charge on any atom is 0.235 e. The number of phenols is 1. The number of likely N-dealkylation sites (N-methyl/N-ethyl adjacent to an activating group) is 1. The minimum Gasteiger partial charge on any atom is -0.506 e. The zero-order valence-corrected chi connectivity index (χ0v) is 27.6. The van der Waals surface area contributed by atoms with Crippen molar-refractivity contribution in [2.24, 2.45) is 41.2 Å². The Hall–Kier alpha value is -3.83. The van der Waals surface area contributed by atoms with Gasteiger partial charge in [0, 0.05) is 32.1 Å². The number of Topliss-reactive ketones (excluding diaryl/α,β-unsaturated/α-hetero) is 4. The number of furan rings is 1. The molecule has 3 aliphatic rings. The third-order valence-electron chi connectivity index (χ3n) is 10.2. The molecule has 1 aromatic carbocycles. The predicted molar refractivity (Wildman–Crippen MR) is 170 cm³/mol. The number of phenolic OH excluding ortho intramolecular Hbond substituents is 1. The first-order valence-electron chi connectivity index (χ1n) is 16.0. The monoisotopic (exact) mass is 635 g/mol. The van der Waals surface area contributed by atoms with Crippen molar-refractivity contribution >= 4 is 34.7 Å². The fourth-order valence-electron chi connectivity index (χ4n) is 7.93. The Balaban J connectivity index is 1.57. The summed E-state index contributed by atoms with van der Waals surface area (Å²) < 4.78 is 6.17. The van der Waals surface area contributed by atoms with E-state index < -0.39 is 64.4 Å². The summed E-state index contributed by atoms with van der Waals surface area (Å²) in [5.74, 6) is -8.63. The summed E-state index contributed by atoms with van der Waals surface area (Å²) in [6.07, 6.45) is 3.05. The van der Waals surface area contributed by atoms with Crippen LogP contribution in [-0.4, -0.2) is 84.0 Å². The van der Waals surface area contributed by atoms with Crippen LogP contribution in [0.15, 0.2) is 22.6 Å². The molecule has 1 aromatic heterocycles. The molecule has 2 aromatic rings. The molecule has 1 amide bonds. The number of rotatable bonds is 9. The Morgan fingerprint density at radius 3 is 2.33 bits per heavy atom. The van der Waals surface area contributed by atoms with E-state index in [0.29, 0.717) is 35.3 Å². The average Bonchev–Trinajstić information content (AvgIpc) is 3.41. The number of primary amides is 1. The molecular weight excluding hydrogens is 590 g/mol. The van der Waals surface area contributed by atoms with Gasteiger partial charge in [-0.25, -0.2) is 0 Å². The van der Waals surface area contributed by atoms with Crippen LogP contribution in [0.1, 0.15) is 61.7 Å². The average molecular weight is 636 g/mol. The number of aliphatic hydroxyl groups is 1. The van der Waals surface area contributed by atoms with Gasteiger partial charge in [0.1, 0.15) is 17.3 Å². The number of hydrogen-bond donors (Lipinski definition) is 3. The number of anilines is 1. The molecule has 11 nitrogen and oxygen atoms in total. The number of hydrogen-bond acceptors (Lipinski definition) is 10. The van der Waals surface area contributed by atoms with E-state index in [4.69, 9.17) is 10.2 Å². The molecule has 2 fully saturated rings. The number of carbonyl (C=O) groups excluding carboxylic acids is 5. The first kappa shape index (κ1) is 33.5. The quantitative estimate of drug-likeness (QED) is 0.348. The van der Waals surface area contributed by atoms with Gasteiger partial charge >= 0.3 is 0 Å². The fraction of sp³-hybridized carbons (Fsp3) is 0.571. The molecule has 0 radical (unpaired) electrons. The smallest absolute Gasteiger partial charge is 0.235 e. The van der Waals surface area contributed by atoms with Gasteiger partial charge < -0.3 is 25.3 Å². The van der Waals surface area contributed by atoms with Crippen LogP contribution in [0.4, 0.5) is 5.69 Å². The lowest BCUT2D eigenvalue weighted by Crippen LogP contribution is -2.74. The maximum absolute atomic E-state index is 14.3. The molecule has 7 atom stereocenters. The van der Waals surface area contributed by atoms with Crippen LogP contribution in [0, 0.1) is 35.5 Å². The lowest BCUT2D eigenvalue weighted by molar-refractivity contribution is -0.181. The predicted octanol–water partition coefficient (Wildman–Crippen LogP) is 2.81. The van der Waals surface area contributed by atoms with E-state index in [9.17, 15) is 34.2 Å². The van der Waals surface area contributed by atoms with Crippen molar-refractivity contribution < 1.29 is 38.6 Å². The first-order valence-corrected chi connectivity index (χ1v) is 16.0. The second kappa shape index (κ2) is 12.1. The Bertz CT molecular complexity index is 1610. The number of ketones is 4. The standard InChI is InChI=1S/C35H45N3O8/c1-16(2)8-9-17(3)12-19-10-11-24(46-19)21-15-23(37(4)5)20-13-18-14-22-28(38(6)7)31(41)27(34(36)44)33(43)35(22,45)32(42)25(18)30(40)26(20)29(21)39/h10-11,15-18,22,25,27-28,39,45H,8-9,12-14H2,1-7H3,(H2,36,44)/t17?,18-,22-,25?,27?,28-,35-/m1/s1. The second-order valence-corrected chi connectivity index (χ2v) is 14.4. The van der Waals surface area contributed by atoms with Gasteiger partial charge in [0.05, 0.1) is 23.1 Å². The molecule has 0 aliphatic heterocycles. The lowest BCUT2D eigenvalue weighted by Gasteiger charge is -2.52. The van der Waals surface area contributed by atoms with Crippen LogP contribution in [0.5, 0.6) is 5.75 Å². The molecule has 1 heterocycles. The van der Waals surface area contributed by atoms with Crippen molar-refractivity contribution in [2.75, 3.05) is 33.1 Å². The van der Waals surface area contributed by atoms with Crippen molar-refractivity contribution in [3.05, 3.63) is 35.1 Å². The third-order valence-corrected chi connectivity index (χ3v) is 10.2. The normalized spacial score (nSPS) is 28.3. The summed E-state index contributed by atoms with van der Waals surface area (Å²) in [6.45, 7) is 6.54. The van der Waals surface area contributed by atoms with E-state index in [1.165, 1.54) is 4.90 Å². The van der Waals surface area contributed by atoms with Gasteiger partial charge in [-0.05, 0) is 68.5 Å². The van der Waals surface area contributed by atoms with E-state index >= 15 is 0 Å². The number of nitrogens with two attached hydrogens (primary N) is 1. The van der Waals surface area contributed by atoms with Gasteiger partial charge in [-0.2, -0.15) is 0 Å². The van der Waals surface area contributed by atoms with Gasteiger partial charge in [-0.15, -0.1) is 0 Å². The molecule has 4 N–H and O–H groups in total. The number of carbonyl (C=O) groups is 5. The van der Waals surface area contributed by atoms with Crippen molar-refractivity contribution in [3.63, 3.8) is 0 Å². The summed E-state index contributed by atoms with van der Waals surface area (Å²) in [4.78, 5) is 70.9. The number of amides is 1. The molecule has 0 saturated heterocycles. The highest BCUT2D eigenvalue weighted by molar-refractivity contribution is 6.32. The summed E-state index contributed by atoms with van der Waals surface area (Å²) in [5.41, 5.74) is 4.07. The van der Waals surface area contributed by atoms with Crippen LogP contribution in [-0.2, 0) is 32.0 Å².